The van der Waals surface area contributed by atoms with Crippen molar-refractivity contribution in [2.24, 2.45) is 0 Å². The lowest BCUT2D eigenvalue weighted by Gasteiger charge is -2.18. The first-order valence-corrected chi connectivity index (χ1v) is 6.21. The zero-order valence-corrected chi connectivity index (χ0v) is 10.0. The van der Waals surface area contributed by atoms with E-state index in [2.05, 4.69) is 4.98 Å². The highest BCUT2D eigenvalue weighted by Gasteiger charge is 2.20. The molecule has 1 aromatic carbocycles. The van der Waals surface area contributed by atoms with Gasteiger partial charge in [0.15, 0.2) is 0 Å². The highest BCUT2D eigenvalue weighted by atomic mass is 19.1. The highest BCUT2D eigenvalue weighted by Crippen LogP contribution is 2.24. The Morgan fingerprint density at radius 3 is 2.83 bits per heavy atom. The average molecular weight is 246 g/mol. The minimum atomic E-state index is -0.444. The fraction of sp³-hybridized carbons (Fsp3) is 0.357. The molecule has 2 heterocycles. The van der Waals surface area contributed by atoms with Gasteiger partial charge in [-0.05, 0) is 30.5 Å². The van der Waals surface area contributed by atoms with Crippen molar-refractivity contribution in [3.05, 3.63) is 53.4 Å². The Morgan fingerprint density at radius 2 is 2.11 bits per heavy atom. The van der Waals surface area contributed by atoms with Crippen LogP contribution in [0.4, 0.5) is 4.39 Å². The maximum Gasteiger partial charge on any atom is 0.137 e. The van der Waals surface area contributed by atoms with Gasteiger partial charge in [-0.3, -0.25) is 0 Å². The molecule has 1 unspecified atom stereocenters. The van der Waals surface area contributed by atoms with Gasteiger partial charge >= 0.3 is 0 Å². The summed E-state index contributed by atoms with van der Waals surface area (Å²) in [7, 11) is 0. The number of aliphatic hydroxyl groups is 1. The lowest BCUT2D eigenvalue weighted by atomic mass is 10.1. The third-order valence-electron chi connectivity index (χ3n) is 3.33. The van der Waals surface area contributed by atoms with Gasteiger partial charge in [-0.2, -0.15) is 0 Å². The van der Waals surface area contributed by atoms with Crippen molar-refractivity contribution < 1.29 is 9.50 Å². The Bertz CT molecular complexity index is 547. The van der Waals surface area contributed by atoms with E-state index >= 15 is 0 Å². The zero-order chi connectivity index (χ0) is 12.5. The number of fused-ring (bicyclic) bond motifs is 1. The standard InChI is InChI=1S/C14H15FN2O/c15-11-5-3-10(4-6-11)8-12-9-17-7-1-2-13(18)14(17)16-12/h3-6,9,13,18H,1-2,7-8H2. The topological polar surface area (TPSA) is 38.0 Å². The van der Waals surface area contributed by atoms with Crippen molar-refractivity contribution in [1.29, 1.82) is 0 Å². The minimum Gasteiger partial charge on any atom is -0.385 e. The summed E-state index contributed by atoms with van der Waals surface area (Å²) in [6.07, 6.45) is 3.99. The van der Waals surface area contributed by atoms with E-state index in [0.717, 1.165) is 36.5 Å². The van der Waals surface area contributed by atoms with Gasteiger partial charge in [0, 0.05) is 19.2 Å². The molecule has 94 valence electrons. The molecule has 4 heteroatoms. The number of aryl methyl sites for hydroxylation is 1. The van der Waals surface area contributed by atoms with Crippen molar-refractivity contribution in [3.8, 4) is 0 Å². The molecule has 0 saturated heterocycles. The van der Waals surface area contributed by atoms with Gasteiger partial charge in [0.05, 0.1) is 5.69 Å². The van der Waals surface area contributed by atoms with Gasteiger partial charge in [0.25, 0.3) is 0 Å². The van der Waals surface area contributed by atoms with Crippen LogP contribution in [0.15, 0.2) is 30.5 Å². The summed E-state index contributed by atoms with van der Waals surface area (Å²) in [6, 6.07) is 6.45. The van der Waals surface area contributed by atoms with Crippen LogP contribution in [0.25, 0.3) is 0 Å². The average Bonchev–Trinajstić information content (AvgIpc) is 2.76. The Hall–Kier alpha value is -1.68. The van der Waals surface area contributed by atoms with Crippen molar-refractivity contribution in [1.82, 2.24) is 9.55 Å². The van der Waals surface area contributed by atoms with Crippen LogP contribution in [0.1, 0.15) is 36.0 Å². The molecular formula is C14H15FN2O. The predicted octanol–water partition coefficient (Wildman–Crippen LogP) is 2.44. The van der Waals surface area contributed by atoms with Gasteiger partial charge < -0.3 is 9.67 Å². The molecular weight excluding hydrogens is 231 g/mol. The fourth-order valence-corrected chi connectivity index (χ4v) is 2.41. The lowest BCUT2D eigenvalue weighted by Crippen LogP contribution is -2.14. The van der Waals surface area contributed by atoms with E-state index in [1.165, 1.54) is 12.1 Å². The molecule has 1 N–H and O–H groups in total. The molecule has 1 aromatic heterocycles. The Labute approximate surface area is 105 Å². The summed E-state index contributed by atoms with van der Waals surface area (Å²) in [5.41, 5.74) is 1.96. The normalized spacial score (nSPS) is 18.7. The third kappa shape index (κ3) is 2.16. The molecule has 3 rings (SSSR count). The van der Waals surface area contributed by atoms with Gasteiger partial charge in [0.1, 0.15) is 17.7 Å². The van der Waals surface area contributed by atoms with E-state index in [1.54, 1.807) is 12.1 Å². The van der Waals surface area contributed by atoms with Gasteiger partial charge in [-0.25, -0.2) is 9.37 Å². The zero-order valence-electron chi connectivity index (χ0n) is 10.0. The van der Waals surface area contributed by atoms with Crippen LogP contribution in [0.2, 0.25) is 0 Å². The Balaban J connectivity index is 1.83. The molecule has 3 nitrogen and oxygen atoms in total. The number of aliphatic hydroxyl groups excluding tert-OH is 1. The van der Waals surface area contributed by atoms with Crippen LogP contribution in [-0.4, -0.2) is 14.7 Å². The Morgan fingerprint density at radius 1 is 1.33 bits per heavy atom. The Kier molecular flexibility index (Phi) is 2.88. The molecule has 0 amide bonds. The molecule has 2 aromatic rings. The van der Waals surface area contributed by atoms with Crippen molar-refractivity contribution in [2.75, 3.05) is 0 Å². The maximum atomic E-state index is 12.8. The van der Waals surface area contributed by atoms with Gasteiger partial charge in [-0.15, -0.1) is 0 Å². The number of hydrogen-bond donors (Lipinski definition) is 1. The summed E-state index contributed by atoms with van der Waals surface area (Å²) in [4.78, 5) is 4.47. The van der Waals surface area contributed by atoms with E-state index in [1.807, 2.05) is 10.8 Å². The summed E-state index contributed by atoms with van der Waals surface area (Å²) >= 11 is 0. The maximum absolute atomic E-state index is 12.8. The van der Waals surface area contributed by atoms with E-state index in [4.69, 9.17) is 0 Å². The van der Waals surface area contributed by atoms with E-state index in [9.17, 15) is 9.50 Å². The predicted molar refractivity (Wildman–Crippen MR) is 65.6 cm³/mol. The molecule has 0 fully saturated rings. The minimum absolute atomic E-state index is 0.224. The molecule has 1 atom stereocenters. The summed E-state index contributed by atoms with van der Waals surface area (Å²) in [5.74, 6) is 0.539. The smallest absolute Gasteiger partial charge is 0.137 e. The van der Waals surface area contributed by atoms with E-state index in [0.29, 0.717) is 6.42 Å². The van der Waals surface area contributed by atoms with Crippen LogP contribution in [0.5, 0.6) is 0 Å². The highest BCUT2D eigenvalue weighted by molar-refractivity contribution is 5.22. The first-order valence-electron chi connectivity index (χ1n) is 6.21. The van der Waals surface area contributed by atoms with Crippen LogP contribution in [0.3, 0.4) is 0 Å². The molecule has 0 bridgehead atoms. The second kappa shape index (κ2) is 4.53. The number of hydrogen-bond acceptors (Lipinski definition) is 2. The molecule has 0 aliphatic carbocycles. The second-order valence-corrected chi connectivity index (χ2v) is 4.75. The molecule has 1 aliphatic heterocycles. The monoisotopic (exact) mass is 246 g/mol. The van der Waals surface area contributed by atoms with Crippen LogP contribution >= 0.6 is 0 Å². The van der Waals surface area contributed by atoms with Crippen LogP contribution < -0.4 is 0 Å². The number of halogens is 1. The van der Waals surface area contributed by atoms with Crippen molar-refractivity contribution in [3.63, 3.8) is 0 Å². The number of nitrogens with zero attached hydrogens (tertiary/aromatic N) is 2. The first-order chi connectivity index (χ1) is 8.72. The van der Waals surface area contributed by atoms with Crippen molar-refractivity contribution >= 4 is 0 Å². The second-order valence-electron chi connectivity index (χ2n) is 4.75. The third-order valence-corrected chi connectivity index (χ3v) is 3.33. The van der Waals surface area contributed by atoms with Gasteiger partial charge in [-0.1, -0.05) is 12.1 Å². The number of imidazole rings is 1. The SMILES string of the molecule is OC1CCCn2cc(Cc3ccc(F)cc3)nc21. The van der Waals surface area contributed by atoms with Gasteiger partial charge in [0.2, 0.25) is 0 Å². The molecule has 0 saturated carbocycles. The number of rotatable bonds is 2. The fourth-order valence-electron chi connectivity index (χ4n) is 2.41. The van der Waals surface area contributed by atoms with E-state index in [-0.39, 0.29) is 5.82 Å². The van der Waals surface area contributed by atoms with Crippen LogP contribution in [0, 0.1) is 5.82 Å². The lowest BCUT2D eigenvalue weighted by molar-refractivity contribution is 0.133. The van der Waals surface area contributed by atoms with E-state index < -0.39 is 6.10 Å². The molecule has 18 heavy (non-hydrogen) atoms. The summed E-state index contributed by atoms with van der Waals surface area (Å²) < 4.78 is 14.8. The van der Waals surface area contributed by atoms with Crippen molar-refractivity contribution in [2.45, 2.75) is 31.9 Å². The summed E-state index contributed by atoms with van der Waals surface area (Å²) in [5, 5.41) is 9.84. The first kappa shape index (κ1) is 11.4. The molecule has 0 spiro atoms. The van der Waals surface area contributed by atoms with Crippen LogP contribution in [-0.2, 0) is 13.0 Å². The summed E-state index contributed by atoms with van der Waals surface area (Å²) in [6.45, 7) is 0.919. The largest absolute Gasteiger partial charge is 0.385 e. The molecule has 0 radical (unpaired) electrons. The number of aromatic nitrogens is 2. The number of benzene rings is 1. The quantitative estimate of drug-likeness (QED) is 0.883. The molecule has 1 aliphatic rings.